The smallest absolute Gasteiger partial charge is 0.135 e. The van der Waals surface area contributed by atoms with Crippen molar-refractivity contribution in [1.29, 1.82) is 0 Å². The third-order valence-electron chi connectivity index (χ3n) is 10.3. The van der Waals surface area contributed by atoms with Crippen molar-refractivity contribution in [1.82, 2.24) is 0 Å². The average molecular weight is 649 g/mol. The molecular weight excluding hydrogens is 617 g/mol. The van der Waals surface area contributed by atoms with E-state index in [1.54, 1.807) is 6.08 Å². The van der Waals surface area contributed by atoms with E-state index in [2.05, 4.69) is 140 Å². The van der Waals surface area contributed by atoms with Crippen molar-refractivity contribution in [2.45, 2.75) is 9.79 Å². The Bertz CT molecular complexity index is 2880. The number of fused-ring (bicyclic) bond motifs is 9. The van der Waals surface area contributed by atoms with Gasteiger partial charge in [-0.2, -0.15) is 10.0 Å². The Hall–Kier alpha value is -5.77. The summed E-state index contributed by atoms with van der Waals surface area (Å²) in [6.45, 7) is 3.81. The van der Waals surface area contributed by atoms with Crippen LogP contribution in [0.1, 0.15) is 5.76 Å². The van der Waals surface area contributed by atoms with Gasteiger partial charge in [-0.3, -0.25) is 0 Å². The van der Waals surface area contributed by atoms with Gasteiger partial charge in [-0.05, 0) is 128 Å². The molecule has 3 heterocycles. The SMILES string of the molecule is C=C/C=C\c1cc2cc(-c3c4ccccc4c(-c4ccc5oc6ccccc6c5c4)c4cc5c(cc34)-c3ccccc3S5(C)C)ccc2o1. The zero-order valence-corrected chi connectivity index (χ0v) is 28.1. The maximum atomic E-state index is 6.26. The maximum Gasteiger partial charge on any atom is 0.135 e. The zero-order valence-electron chi connectivity index (χ0n) is 27.3. The van der Waals surface area contributed by atoms with Crippen molar-refractivity contribution in [2.75, 3.05) is 12.5 Å². The van der Waals surface area contributed by atoms with Crippen LogP contribution >= 0.6 is 10.0 Å². The van der Waals surface area contributed by atoms with Crippen LogP contribution in [-0.4, -0.2) is 12.5 Å². The summed E-state index contributed by atoms with van der Waals surface area (Å²) in [7, 11) is -1.22. The van der Waals surface area contributed by atoms with Crippen molar-refractivity contribution in [3.05, 3.63) is 152 Å². The van der Waals surface area contributed by atoms with Gasteiger partial charge in [-0.1, -0.05) is 91.5 Å². The van der Waals surface area contributed by atoms with Crippen molar-refractivity contribution >= 4 is 70.6 Å². The summed E-state index contributed by atoms with van der Waals surface area (Å²) in [5, 5.41) is 8.36. The fourth-order valence-corrected chi connectivity index (χ4v) is 10.6. The van der Waals surface area contributed by atoms with Crippen LogP contribution in [0.15, 0.2) is 165 Å². The Morgan fingerprint density at radius 1 is 0.510 bits per heavy atom. The summed E-state index contributed by atoms with van der Waals surface area (Å²) in [5.41, 5.74) is 10.3. The number of allylic oxidation sites excluding steroid dienone is 2. The Morgan fingerprint density at radius 3 is 1.96 bits per heavy atom. The summed E-state index contributed by atoms with van der Waals surface area (Å²) in [6.07, 6.45) is 10.5. The molecule has 0 amide bonds. The van der Waals surface area contributed by atoms with Gasteiger partial charge in [0.2, 0.25) is 0 Å². The van der Waals surface area contributed by atoms with Gasteiger partial charge in [0, 0.05) is 25.9 Å². The first-order chi connectivity index (χ1) is 24.0. The molecule has 7 aromatic carbocycles. The first kappa shape index (κ1) is 28.3. The molecule has 0 fully saturated rings. The minimum atomic E-state index is -1.22. The molecule has 0 saturated carbocycles. The van der Waals surface area contributed by atoms with E-state index in [0.29, 0.717) is 0 Å². The number of furan rings is 2. The minimum Gasteiger partial charge on any atom is -0.457 e. The third-order valence-corrected chi connectivity index (χ3v) is 13.2. The third kappa shape index (κ3) is 4.09. The van der Waals surface area contributed by atoms with E-state index in [1.807, 2.05) is 18.2 Å². The molecule has 0 atom stereocenters. The quantitative estimate of drug-likeness (QED) is 0.140. The average Bonchev–Trinajstić information content (AvgIpc) is 3.78. The topological polar surface area (TPSA) is 26.3 Å². The molecular formula is C46H32O2S. The van der Waals surface area contributed by atoms with Crippen molar-refractivity contribution in [3.63, 3.8) is 0 Å². The lowest BCUT2D eigenvalue weighted by Gasteiger charge is -2.29. The Kier molecular flexibility index (Phi) is 5.98. The van der Waals surface area contributed by atoms with Crippen LogP contribution in [-0.2, 0) is 0 Å². The predicted octanol–water partition coefficient (Wildman–Crippen LogP) is 13.6. The molecule has 0 spiro atoms. The van der Waals surface area contributed by atoms with Crippen LogP contribution in [0.5, 0.6) is 0 Å². The summed E-state index contributed by atoms with van der Waals surface area (Å²) >= 11 is 0. The monoisotopic (exact) mass is 648 g/mol. The molecule has 1 aliphatic heterocycles. The molecule has 3 heteroatoms. The number of benzene rings is 7. The fraction of sp³-hybridized carbons (Fsp3) is 0.0435. The van der Waals surface area contributed by atoms with Crippen LogP contribution in [0.4, 0.5) is 0 Å². The molecule has 9 aromatic rings. The second kappa shape index (κ2) is 10.4. The van der Waals surface area contributed by atoms with Gasteiger partial charge in [-0.25, -0.2) is 0 Å². The highest BCUT2D eigenvalue weighted by molar-refractivity contribution is 8.33. The molecule has 10 rings (SSSR count). The van der Waals surface area contributed by atoms with E-state index in [9.17, 15) is 0 Å². The van der Waals surface area contributed by atoms with Crippen molar-refractivity contribution in [2.24, 2.45) is 0 Å². The molecule has 2 aromatic heterocycles. The lowest BCUT2D eigenvalue weighted by atomic mass is 9.84. The summed E-state index contributed by atoms with van der Waals surface area (Å²) < 4.78 is 12.4. The highest BCUT2D eigenvalue weighted by Crippen LogP contribution is 2.68. The van der Waals surface area contributed by atoms with Gasteiger partial charge in [0.25, 0.3) is 0 Å². The number of rotatable bonds is 4. The largest absolute Gasteiger partial charge is 0.457 e. The second-order valence-electron chi connectivity index (χ2n) is 13.3. The molecule has 234 valence electrons. The summed E-state index contributed by atoms with van der Waals surface area (Å²) in [5.74, 6) is 0.818. The molecule has 0 saturated heterocycles. The highest BCUT2D eigenvalue weighted by Gasteiger charge is 2.33. The van der Waals surface area contributed by atoms with E-state index in [1.165, 1.54) is 64.7 Å². The number of hydrogen-bond donors (Lipinski definition) is 0. The van der Waals surface area contributed by atoms with Crippen LogP contribution in [0.3, 0.4) is 0 Å². The molecule has 2 nitrogen and oxygen atoms in total. The van der Waals surface area contributed by atoms with E-state index in [4.69, 9.17) is 8.83 Å². The molecule has 1 aliphatic rings. The van der Waals surface area contributed by atoms with Crippen molar-refractivity contribution < 1.29 is 8.83 Å². The number of para-hydroxylation sites is 1. The van der Waals surface area contributed by atoms with Gasteiger partial charge in [0.05, 0.1) is 0 Å². The molecule has 0 aliphatic carbocycles. The van der Waals surface area contributed by atoms with Crippen LogP contribution < -0.4 is 0 Å². The Morgan fingerprint density at radius 2 is 1.16 bits per heavy atom. The van der Waals surface area contributed by atoms with Gasteiger partial charge >= 0.3 is 0 Å². The van der Waals surface area contributed by atoms with Gasteiger partial charge in [-0.15, -0.1) is 0 Å². The standard InChI is InChI=1S/C46H32O2S/c1-4-5-12-31-24-30-23-28(19-21-40(30)47-31)45-34-15-6-7-16-35(34)46(29-20-22-42-36(25-29)32-13-8-10-17-41(32)48-42)39-27-44-37(26-38(39)45)33-14-9-11-18-43(33)49(44,2)3/h4-27H,1H2,2-3H3/b12-5-. The summed E-state index contributed by atoms with van der Waals surface area (Å²) in [6, 6.07) is 46.7. The van der Waals surface area contributed by atoms with Crippen LogP contribution in [0.2, 0.25) is 0 Å². The van der Waals surface area contributed by atoms with E-state index in [0.717, 1.165) is 38.7 Å². The molecule has 49 heavy (non-hydrogen) atoms. The molecule has 0 N–H and O–H groups in total. The predicted molar refractivity (Wildman–Crippen MR) is 210 cm³/mol. The normalized spacial score (nSPS) is 14.3. The fourth-order valence-electron chi connectivity index (χ4n) is 8.06. The highest BCUT2D eigenvalue weighted by atomic mass is 32.3. The first-order valence-corrected chi connectivity index (χ1v) is 19.0. The first-order valence-electron chi connectivity index (χ1n) is 16.6. The van der Waals surface area contributed by atoms with Gasteiger partial charge in [0.1, 0.15) is 22.5 Å². The van der Waals surface area contributed by atoms with Crippen LogP contribution in [0.25, 0.3) is 93.9 Å². The van der Waals surface area contributed by atoms with Crippen molar-refractivity contribution in [3.8, 4) is 33.4 Å². The molecule has 0 unspecified atom stereocenters. The van der Waals surface area contributed by atoms with E-state index >= 15 is 0 Å². The lowest BCUT2D eigenvalue weighted by molar-refractivity contribution is 0.604. The lowest BCUT2D eigenvalue weighted by Crippen LogP contribution is -1.95. The zero-order chi connectivity index (χ0) is 32.9. The second-order valence-corrected chi connectivity index (χ2v) is 16.9. The van der Waals surface area contributed by atoms with Gasteiger partial charge in [0.15, 0.2) is 0 Å². The minimum absolute atomic E-state index is 0.818. The molecule has 0 radical (unpaired) electrons. The van der Waals surface area contributed by atoms with Crippen LogP contribution in [0, 0.1) is 0 Å². The van der Waals surface area contributed by atoms with E-state index < -0.39 is 10.0 Å². The maximum absolute atomic E-state index is 6.26. The molecule has 0 bridgehead atoms. The summed E-state index contributed by atoms with van der Waals surface area (Å²) in [4.78, 5) is 2.90. The number of hydrogen-bond acceptors (Lipinski definition) is 2. The Labute approximate surface area is 285 Å². The Balaban J connectivity index is 1.34. The van der Waals surface area contributed by atoms with E-state index in [-0.39, 0.29) is 0 Å². The van der Waals surface area contributed by atoms with Gasteiger partial charge < -0.3 is 8.83 Å².